The number of aromatic nitrogens is 3. The van der Waals surface area contributed by atoms with Gasteiger partial charge in [-0.3, -0.25) is 4.79 Å². The highest BCUT2D eigenvalue weighted by atomic mass is 35.5. The lowest BCUT2D eigenvalue weighted by Crippen LogP contribution is -2.46. The summed E-state index contributed by atoms with van der Waals surface area (Å²) in [6.07, 6.45) is 1.82. The molecule has 0 bridgehead atoms. The van der Waals surface area contributed by atoms with E-state index in [1.165, 1.54) is 0 Å². The number of halogens is 2. The second-order valence-corrected chi connectivity index (χ2v) is 7.40. The minimum atomic E-state index is -0.209. The molecule has 1 aromatic carbocycles. The van der Waals surface area contributed by atoms with Crippen molar-refractivity contribution in [2.75, 3.05) is 13.1 Å². The Morgan fingerprint density at radius 1 is 1.32 bits per heavy atom. The summed E-state index contributed by atoms with van der Waals surface area (Å²) in [5.41, 5.74) is 6.52. The molecule has 1 amide bonds. The van der Waals surface area contributed by atoms with Crippen molar-refractivity contribution in [3.63, 3.8) is 0 Å². The van der Waals surface area contributed by atoms with Gasteiger partial charge in [-0.05, 0) is 25.0 Å². The fraction of sp³-hybridized carbons (Fsp3) is 0.471. The molecule has 1 aliphatic heterocycles. The third-order valence-electron chi connectivity index (χ3n) is 4.23. The second-order valence-electron chi connectivity index (χ2n) is 6.58. The van der Waals surface area contributed by atoms with Gasteiger partial charge in [0.25, 0.3) is 5.91 Å². The molecule has 1 aromatic heterocycles. The molecule has 2 heterocycles. The fourth-order valence-corrected chi connectivity index (χ4v) is 3.54. The number of piperidine rings is 1. The summed E-state index contributed by atoms with van der Waals surface area (Å²) in [6.45, 7) is 5.16. The van der Waals surface area contributed by atoms with Gasteiger partial charge in [0, 0.05) is 25.0 Å². The largest absolute Gasteiger partial charge is 0.334 e. The van der Waals surface area contributed by atoms with Gasteiger partial charge in [0.15, 0.2) is 0 Å². The Hall–Kier alpha value is -1.63. The third-order valence-corrected chi connectivity index (χ3v) is 4.84. The molecule has 2 N–H and O–H groups in total. The normalized spacial score (nSPS) is 18.0. The van der Waals surface area contributed by atoms with Gasteiger partial charge in [-0.15, -0.1) is 5.10 Å². The van der Waals surface area contributed by atoms with Crippen LogP contribution in [0.2, 0.25) is 10.0 Å². The molecule has 0 saturated carbocycles. The maximum atomic E-state index is 12.8. The molecule has 8 heteroatoms. The number of rotatable bonds is 3. The molecule has 1 atom stereocenters. The lowest BCUT2D eigenvalue weighted by molar-refractivity contribution is 0.0696. The van der Waals surface area contributed by atoms with Crippen molar-refractivity contribution in [1.29, 1.82) is 0 Å². The van der Waals surface area contributed by atoms with Gasteiger partial charge in [-0.1, -0.05) is 43.1 Å². The van der Waals surface area contributed by atoms with Crippen molar-refractivity contribution in [2.45, 2.75) is 38.6 Å². The van der Waals surface area contributed by atoms with Crippen molar-refractivity contribution in [3.05, 3.63) is 39.9 Å². The van der Waals surface area contributed by atoms with Crippen LogP contribution >= 0.6 is 23.2 Å². The number of amides is 1. The monoisotopic (exact) mass is 381 g/mol. The number of nitrogens with two attached hydrogens (primary N) is 1. The maximum Gasteiger partial charge on any atom is 0.293 e. The first-order valence-corrected chi connectivity index (χ1v) is 9.10. The number of carbonyl (C=O) groups is 1. The van der Waals surface area contributed by atoms with E-state index in [-0.39, 0.29) is 23.7 Å². The van der Waals surface area contributed by atoms with Crippen LogP contribution in [0.15, 0.2) is 18.2 Å². The number of nitrogens with zero attached hydrogens (tertiary/aromatic N) is 4. The van der Waals surface area contributed by atoms with Gasteiger partial charge < -0.3 is 10.6 Å². The number of likely N-dealkylation sites (tertiary alicyclic amines) is 1. The number of hydrogen-bond donors (Lipinski definition) is 1. The smallest absolute Gasteiger partial charge is 0.293 e. The van der Waals surface area contributed by atoms with Gasteiger partial charge in [-0.25, -0.2) is 9.67 Å². The Bertz CT molecular complexity index is 769. The summed E-state index contributed by atoms with van der Waals surface area (Å²) in [5.74, 6) is 0.623. The van der Waals surface area contributed by atoms with Crippen LogP contribution in [0, 0.1) is 0 Å². The molecule has 25 heavy (non-hydrogen) atoms. The Balaban J connectivity index is 2.02. The van der Waals surface area contributed by atoms with Gasteiger partial charge in [0.2, 0.25) is 5.82 Å². The highest BCUT2D eigenvalue weighted by molar-refractivity contribution is 6.37. The van der Waals surface area contributed by atoms with Crippen molar-refractivity contribution < 1.29 is 4.79 Å². The van der Waals surface area contributed by atoms with Gasteiger partial charge in [0.1, 0.15) is 11.5 Å². The molecule has 0 aliphatic carbocycles. The maximum absolute atomic E-state index is 12.8. The van der Waals surface area contributed by atoms with Crippen LogP contribution in [0.3, 0.4) is 0 Å². The van der Waals surface area contributed by atoms with Crippen molar-refractivity contribution in [3.8, 4) is 5.69 Å². The molecular weight excluding hydrogens is 361 g/mol. The lowest BCUT2D eigenvalue weighted by atomic mass is 10.1. The van der Waals surface area contributed by atoms with Gasteiger partial charge in [-0.2, -0.15) is 0 Å². The van der Waals surface area contributed by atoms with Crippen molar-refractivity contribution >= 4 is 29.1 Å². The minimum absolute atomic E-state index is 0.00219. The molecule has 134 valence electrons. The molecule has 6 nitrogen and oxygen atoms in total. The van der Waals surface area contributed by atoms with E-state index in [1.807, 2.05) is 13.8 Å². The quantitative estimate of drug-likeness (QED) is 0.884. The van der Waals surface area contributed by atoms with Gasteiger partial charge in [0.05, 0.1) is 10.0 Å². The Labute approximate surface area is 156 Å². The molecule has 0 radical (unpaired) electrons. The van der Waals surface area contributed by atoms with Crippen LogP contribution < -0.4 is 5.73 Å². The molecule has 1 fully saturated rings. The third kappa shape index (κ3) is 3.66. The van der Waals surface area contributed by atoms with E-state index in [0.29, 0.717) is 34.6 Å². The standard InChI is InChI=1S/C17H21Cl2N5O/c1-10(2)16-21-15(17(25)23-8-4-5-11(20)9-23)22-24(16)14-12(18)6-3-7-13(14)19/h3,6-7,10-11H,4-5,8-9,20H2,1-2H3. The predicted octanol–water partition coefficient (Wildman–Crippen LogP) is 3.26. The van der Waals surface area contributed by atoms with Crippen molar-refractivity contribution in [2.24, 2.45) is 5.73 Å². The van der Waals surface area contributed by atoms with E-state index in [4.69, 9.17) is 28.9 Å². The van der Waals surface area contributed by atoms with E-state index in [1.54, 1.807) is 27.8 Å². The average Bonchev–Trinajstić information content (AvgIpc) is 2.99. The second kappa shape index (κ2) is 7.32. The van der Waals surface area contributed by atoms with Crippen LogP contribution in [-0.2, 0) is 0 Å². The zero-order valence-electron chi connectivity index (χ0n) is 14.2. The molecular formula is C17H21Cl2N5O. The topological polar surface area (TPSA) is 77.0 Å². The predicted molar refractivity (Wildman–Crippen MR) is 98.6 cm³/mol. The molecule has 1 unspecified atom stereocenters. The molecule has 3 rings (SSSR count). The lowest BCUT2D eigenvalue weighted by Gasteiger charge is -2.29. The van der Waals surface area contributed by atoms with Crippen molar-refractivity contribution in [1.82, 2.24) is 19.7 Å². The van der Waals surface area contributed by atoms with E-state index in [0.717, 1.165) is 12.8 Å². The zero-order valence-corrected chi connectivity index (χ0v) is 15.8. The summed E-state index contributed by atoms with van der Waals surface area (Å²) in [7, 11) is 0. The zero-order chi connectivity index (χ0) is 18.1. The van der Waals surface area contributed by atoms with E-state index in [2.05, 4.69) is 10.1 Å². The summed E-state index contributed by atoms with van der Waals surface area (Å²) in [5, 5.41) is 5.34. The highest BCUT2D eigenvalue weighted by Crippen LogP contribution is 2.30. The number of para-hydroxylation sites is 1. The first-order chi connectivity index (χ1) is 11.9. The highest BCUT2D eigenvalue weighted by Gasteiger charge is 2.28. The minimum Gasteiger partial charge on any atom is -0.334 e. The Morgan fingerprint density at radius 3 is 2.60 bits per heavy atom. The summed E-state index contributed by atoms with van der Waals surface area (Å²) < 4.78 is 1.58. The van der Waals surface area contributed by atoms with Crippen LogP contribution in [0.4, 0.5) is 0 Å². The summed E-state index contributed by atoms with van der Waals surface area (Å²) in [4.78, 5) is 19.0. The van der Waals surface area contributed by atoms with Crippen LogP contribution in [0.25, 0.3) is 5.69 Å². The van der Waals surface area contributed by atoms with Crippen LogP contribution in [-0.4, -0.2) is 44.7 Å². The fourth-order valence-electron chi connectivity index (χ4n) is 2.98. The number of carbonyl (C=O) groups excluding carboxylic acids is 1. The Morgan fingerprint density at radius 2 is 2.00 bits per heavy atom. The average molecular weight is 382 g/mol. The molecule has 2 aromatic rings. The Kier molecular flexibility index (Phi) is 5.32. The molecule has 1 aliphatic rings. The summed E-state index contributed by atoms with van der Waals surface area (Å²) >= 11 is 12.6. The van der Waals surface area contributed by atoms with Crippen LogP contribution in [0.5, 0.6) is 0 Å². The first-order valence-electron chi connectivity index (χ1n) is 8.34. The van der Waals surface area contributed by atoms with Gasteiger partial charge >= 0.3 is 0 Å². The molecule has 0 spiro atoms. The number of benzene rings is 1. The van der Waals surface area contributed by atoms with E-state index in [9.17, 15) is 4.79 Å². The van der Waals surface area contributed by atoms with E-state index >= 15 is 0 Å². The van der Waals surface area contributed by atoms with Crippen LogP contribution in [0.1, 0.15) is 49.1 Å². The molecule has 1 saturated heterocycles. The first kappa shape index (κ1) is 18.2. The van der Waals surface area contributed by atoms with E-state index < -0.39 is 0 Å². The SMILES string of the molecule is CC(C)c1nc(C(=O)N2CCCC(N)C2)nn1-c1c(Cl)cccc1Cl. The summed E-state index contributed by atoms with van der Waals surface area (Å²) in [6, 6.07) is 5.24. The number of hydrogen-bond acceptors (Lipinski definition) is 4.